The van der Waals surface area contributed by atoms with Crippen LogP contribution >= 0.6 is 37.2 Å². The van der Waals surface area contributed by atoms with E-state index in [1.54, 1.807) is 20.8 Å². The van der Waals surface area contributed by atoms with Gasteiger partial charge in [-0.1, -0.05) is 31.9 Å². The lowest BCUT2D eigenvalue weighted by molar-refractivity contribution is -0.187. The van der Waals surface area contributed by atoms with E-state index in [0.717, 1.165) is 64.7 Å². The normalized spacial score (nSPS) is 29.6. The monoisotopic (exact) mass is 869 g/mol. The van der Waals surface area contributed by atoms with Crippen molar-refractivity contribution in [3.05, 3.63) is 23.8 Å². The van der Waals surface area contributed by atoms with Gasteiger partial charge in [-0.05, 0) is 128 Å². The predicted molar refractivity (Wildman–Crippen MR) is 224 cm³/mol. The molecule has 328 valence electrons. The molecular weight excluding hydrogens is 804 g/mol. The summed E-state index contributed by atoms with van der Waals surface area (Å²) < 4.78 is 27.7. The smallest absolute Gasteiger partial charge is 0.407 e. The average molecular weight is 871 g/mol. The third-order valence-electron chi connectivity index (χ3n) is 12.6. The van der Waals surface area contributed by atoms with Crippen LogP contribution in [0.5, 0.6) is 0 Å². The molecule has 57 heavy (non-hydrogen) atoms. The number of carbonyl (C=O) groups is 5. The molecule has 0 aromatic carbocycles. The molecule has 4 aliphatic rings. The van der Waals surface area contributed by atoms with Crippen molar-refractivity contribution in [2.45, 2.75) is 109 Å². The number of hydrogen-bond acceptors (Lipinski definition) is 11. The third kappa shape index (κ3) is 11.9. The van der Waals surface area contributed by atoms with Gasteiger partial charge in [0.25, 0.3) is 0 Å². The van der Waals surface area contributed by atoms with Gasteiger partial charge in [-0.2, -0.15) is 0 Å². The van der Waals surface area contributed by atoms with Crippen molar-refractivity contribution in [2.75, 3.05) is 59.0 Å². The molecule has 0 aromatic rings. The van der Waals surface area contributed by atoms with Gasteiger partial charge in [-0.25, -0.2) is 14.0 Å². The Kier molecular flexibility index (Phi) is 22.2. The molecule has 0 spiro atoms. The summed E-state index contributed by atoms with van der Waals surface area (Å²) in [6, 6.07) is 0. The van der Waals surface area contributed by atoms with Crippen molar-refractivity contribution in [3.8, 4) is 0 Å². The molecule has 13 nitrogen and oxygen atoms in total. The van der Waals surface area contributed by atoms with E-state index < -0.39 is 70.2 Å². The third-order valence-corrected chi connectivity index (χ3v) is 12.6. The molecule has 2 amide bonds. The minimum atomic E-state index is -2.26. The molecule has 17 heteroatoms. The van der Waals surface area contributed by atoms with Crippen LogP contribution < -0.4 is 27.0 Å². The molecule has 3 saturated carbocycles. The number of allylic oxidation sites excluding steroid dienone is 4. The largest absolute Gasteiger partial charge is 0.450 e. The molecular formula is C40H67Cl3FN5O8. The fourth-order valence-electron chi connectivity index (χ4n) is 9.53. The summed E-state index contributed by atoms with van der Waals surface area (Å²) in [7, 11) is 0. The number of nitrogens with one attached hydrogen (secondary N) is 4. The van der Waals surface area contributed by atoms with E-state index in [-0.39, 0.29) is 49.4 Å². The van der Waals surface area contributed by atoms with E-state index in [1.165, 1.54) is 18.2 Å². The predicted octanol–water partition coefficient (Wildman–Crippen LogP) is 5.09. The Hall–Kier alpha value is -2.33. The van der Waals surface area contributed by atoms with Gasteiger partial charge in [0.05, 0.1) is 6.61 Å². The van der Waals surface area contributed by atoms with Gasteiger partial charge in [0.15, 0.2) is 23.8 Å². The molecule has 0 aromatic heterocycles. The van der Waals surface area contributed by atoms with Crippen molar-refractivity contribution in [1.82, 2.24) is 21.3 Å². The number of fused-ring (bicyclic) bond motifs is 5. The number of Topliss-reactive ketones (excluding diaryl/α,β-unsaturated/α-hetero) is 2. The number of unbranched alkanes of at least 4 members (excludes halogenated alkanes) is 4. The molecule has 4 aliphatic carbocycles. The Balaban J connectivity index is 0.00000541. The highest BCUT2D eigenvalue weighted by molar-refractivity contribution is 6.03. The Labute approximate surface area is 356 Å². The lowest BCUT2D eigenvalue weighted by atomic mass is 9.45. The second-order valence-electron chi connectivity index (χ2n) is 16.1. The van der Waals surface area contributed by atoms with Crippen molar-refractivity contribution in [3.63, 3.8) is 0 Å². The zero-order valence-electron chi connectivity index (χ0n) is 33.8. The van der Waals surface area contributed by atoms with E-state index >= 15 is 4.39 Å². The number of ketones is 3. The van der Waals surface area contributed by atoms with Crippen LogP contribution in [-0.4, -0.2) is 105 Å². The summed E-state index contributed by atoms with van der Waals surface area (Å²) in [6.45, 7) is 10.0. The second kappa shape index (κ2) is 24.1. The summed E-state index contributed by atoms with van der Waals surface area (Å²) >= 11 is 0. The van der Waals surface area contributed by atoms with Gasteiger partial charge in [-0.15, -0.1) is 37.2 Å². The van der Waals surface area contributed by atoms with Crippen LogP contribution in [0.4, 0.5) is 14.0 Å². The van der Waals surface area contributed by atoms with Gasteiger partial charge in [0, 0.05) is 36.3 Å². The van der Waals surface area contributed by atoms with Crippen LogP contribution in [-0.2, 0) is 23.9 Å². The van der Waals surface area contributed by atoms with E-state index in [2.05, 4.69) is 21.3 Å². The molecule has 7 atom stereocenters. The second-order valence-corrected chi connectivity index (χ2v) is 16.1. The van der Waals surface area contributed by atoms with Gasteiger partial charge < -0.3 is 41.6 Å². The highest BCUT2D eigenvalue weighted by Crippen LogP contribution is 2.69. The maximum Gasteiger partial charge on any atom is 0.407 e. The van der Waals surface area contributed by atoms with E-state index in [1.807, 2.05) is 0 Å². The molecule has 3 fully saturated rings. The highest BCUT2D eigenvalue weighted by Gasteiger charge is 2.75. The van der Waals surface area contributed by atoms with Gasteiger partial charge in [0.2, 0.25) is 5.78 Å². The van der Waals surface area contributed by atoms with Crippen LogP contribution in [0.3, 0.4) is 0 Å². The number of alkyl halides is 1. The van der Waals surface area contributed by atoms with Crippen molar-refractivity contribution < 1.29 is 42.9 Å². The highest BCUT2D eigenvalue weighted by atomic mass is 35.5. The zero-order valence-corrected chi connectivity index (χ0v) is 36.2. The summed E-state index contributed by atoms with van der Waals surface area (Å²) in [4.78, 5) is 63.9. The average Bonchev–Trinajstić information content (AvgIpc) is 3.34. The first-order valence-corrected chi connectivity index (χ1v) is 20.1. The minimum Gasteiger partial charge on any atom is -0.450 e. The summed E-state index contributed by atoms with van der Waals surface area (Å²) in [5.41, 5.74) is -0.666. The zero-order chi connectivity index (χ0) is 39.4. The number of aliphatic hydroxyl groups is 1. The first-order valence-electron chi connectivity index (χ1n) is 20.1. The molecule has 0 saturated heterocycles. The first-order chi connectivity index (χ1) is 25.8. The number of ether oxygens (including phenoxy) is 2. The number of rotatable bonds is 22. The van der Waals surface area contributed by atoms with Crippen molar-refractivity contribution in [2.24, 2.45) is 34.3 Å². The van der Waals surface area contributed by atoms with Gasteiger partial charge in [0.1, 0.15) is 5.60 Å². The number of carbonyl (C=O) groups excluding carboxylic acids is 5. The first kappa shape index (κ1) is 52.7. The minimum absolute atomic E-state index is 0. The lowest BCUT2D eigenvalue weighted by Gasteiger charge is -2.59. The SMILES string of the molecule is C[C@@H]1CC2C3CCC4=CC(=O)C=CC4(C)[C@@]3(F)C(=O)CC2(C)[C@@]1(O)C(=O)COC(=O)NCCCCCCOC(=O)NCCCNCCCCNCCCN.Cl.Cl.Cl. The Bertz CT molecular complexity index is 1430. The summed E-state index contributed by atoms with van der Waals surface area (Å²) in [5, 5.41) is 24.2. The van der Waals surface area contributed by atoms with Crippen LogP contribution in [0.2, 0.25) is 0 Å². The fraction of sp³-hybridized carbons (Fsp3) is 0.775. The number of nitrogens with two attached hydrogens (primary N) is 1. The van der Waals surface area contributed by atoms with Crippen LogP contribution in [0.15, 0.2) is 23.8 Å². The van der Waals surface area contributed by atoms with E-state index in [0.29, 0.717) is 63.9 Å². The maximum absolute atomic E-state index is 17.3. The van der Waals surface area contributed by atoms with Crippen molar-refractivity contribution in [1.29, 1.82) is 0 Å². The quantitative estimate of drug-likeness (QED) is 0.0794. The number of halogens is 4. The van der Waals surface area contributed by atoms with E-state index in [4.69, 9.17) is 15.2 Å². The van der Waals surface area contributed by atoms with Crippen LogP contribution in [0.1, 0.15) is 97.8 Å². The van der Waals surface area contributed by atoms with Crippen LogP contribution in [0.25, 0.3) is 0 Å². The molecule has 0 bridgehead atoms. The number of amides is 2. The molecule has 0 radical (unpaired) electrons. The Morgan fingerprint density at radius 1 is 0.842 bits per heavy atom. The molecule has 7 N–H and O–H groups in total. The number of hydrogen-bond donors (Lipinski definition) is 6. The van der Waals surface area contributed by atoms with Crippen molar-refractivity contribution >= 4 is 66.8 Å². The molecule has 4 unspecified atom stereocenters. The molecule has 4 rings (SSSR count). The Morgan fingerprint density at radius 2 is 1.42 bits per heavy atom. The Morgan fingerprint density at radius 3 is 2.09 bits per heavy atom. The topological polar surface area (TPSA) is 198 Å². The molecule has 0 heterocycles. The van der Waals surface area contributed by atoms with Gasteiger partial charge >= 0.3 is 12.2 Å². The lowest BCUT2D eigenvalue weighted by Crippen LogP contribution is -2.68. The van der Waals surface area contributed by atoms with E-state index in [9.17, 15) is 29.1 Å². The maximum atomic E-state index is 17.3. The summed E-state index contributed by atoms with van der Waals surface area (Å²) in [5.74, 6) is -3.38. The fourth-order valence-corrected chi connectivity index (χ4v) is 9.53. The number of alkyl carbamates (subject to hydrolysis) is 2. The summed E-state index contributed by atoms with van der Waals surface area (Å²) in [6.07, 6.45) is 10.8. The molecule has 0 aliphatic heterocycles. The standard InChI is InChI=1S/C40H64FN5O8.3ClH/c1-28-24-32-31-13-12-29-25-30(47)14-15-37(29,2)39(31,41)33(48)26-38(32,3)40(28,52)34(49)27-54-36(51)45-21-6-4-5-9-23-53-35(50)46-22-11-20-44-18-8-7-17-43-19-10-16-42;;;/h14-15,25,28,31-32,43-44,52H,4-13,16-24,26-27,42H2,1-3H3,(H,45,51)(H,46,50);3*1H/t28-,31?,32?,37?,38?,39+,40+;;;/m1.../s1. The van der Waals surface area contributed by atoms with Gasteiger partial charge in [-0.3, -0.25) is 14.4 Å². The van der Waals surface area contributed by atoms with Crippen LogP contribution in [0, 0.1) is 28.6 Å².